The molecule has 1 aromatic carbocycles. The van der Waals surface area contributed by atoms with Crippen molar-refractivity contribution in [1.82, 2.24) is 4.57 Å². The Morgan fingerprint density at radius 3 is 2.75 bits per heavy atom. The van der Waals surface area contributed by atoms with Gasteiger partial charge in [-0.05, 0) is 30.3 Å². The van der Waals surface area contributed by atoms with Crippen LogP contribution in [0.1, 0.15) is 16.3 Å². The first-order chi connectivity index (χ1) is 11.5. The molecule has 1 amide bonds. The molecule has 0 saturated carbocycles. The molecule has 3 rings (SSSR count). The molecule has 0 bridgehead atoms. The summed E-state index contributed by atoms with van der Waals surface area (Å²) in [4.78, 5) is 23.7. The molecule has 2 heterocycles. The van der Waals surface area contributed by atoms with Gasteiger partial charge in [-0.3, -0.25) is 9.59 Å². The van der Waals surface area contributed by atoms with Crippen LogP contribution in [-0.4, -0.2) is 10.5 Å². The molecule has 0 fully saturated rings. The smallest absolute Gasteiger partial charge is 0.291 e. The molecule has 2 aromatic heterocycles. The Balaban J connectivity index is 1.75. The lowest BCUT2D eigenvalue weighted by atomic mass is 10.3. The number of rotatable bonds is 4. The van der Waals surface area contributed by atoms with Gasteiger partial charge >= 0.3 is 0 Å². The number of halogens is 2. The molecule has 5 nitrogen and oxygen atoms in total. The molecular formula is C17H12F2N2O3. The maximum absolute atomic E-state index is 13.5. The number of furan rings is 1. The molecule has 0 aliphatic rings. The Bertz CT molecular complexity index is 947. The highest BCUT2D eigenvalue weighted by molar-refractivity contribution is 6.02. The van der Waals surface area contributed by atoms with Gasteiger partial charge < -0.3 is 14.3 Å². The molecule has 0 spiro atoms. The van der Waals surface area contributed by atoms with E-state index in [1.165, 1.54) is 22.8 Å². The van der Waals surface area contributed by atoms with E-state index < -0.39 is 17.5 Å². The zero-order valence-corrected chi connectivity index (χ0v) is 12.3. The van der Waals surface area contributed by atoms with E-state index >= 15 is 0 Å². The SMILES string of the molecule is O=C(Nc1cc(F)ccc1F)c1ccc(Cn2ccccc2=O)o1. The summed E-state index contributed by atoms with van der Waals surface area (Å²) in [5.74, 6) is -1.83. The Labute approximate surface area is 135 Å². The number of hydrogen-bond acceptors (Lipinski definition) is 3. The van der Waals surface area contributed by atoms with Gasteiger partial charge in [0.25, 0.3) is 11.5 Å². The minimum absolute atomic E-state index is 0.0716. The summed E-state index contributed by atoms with van der Waals surface area (Å²) in [6.07, 6.45) is 1.59. The standard InChI is InChI=1S/C17H12F2N2O3/c18-11-4-6-13(19)14(9-11)20-17(23)15-7-5-12(24-15)10-21-8-2-1-3-16(21)22/h1-9H,10H2,(H,20,23). The minimum Gasteiger partial charge on any atom is -0.454 e. The quantitative estimate of drug-likeness (QED) is 0.800. The first-order valence-corrected chi connectivity index (χ1v) is 7.03. The zero-order valence-electron chi connectivity index (χ0n) is 12.3. The number of nitrogens with zero attached hydrogens (tertiary/aromatic N) is 1. The van der Waals surface area contributed by atoms with Crippen LogP contribution in [0.15, 0.2) is 63.9 Å². The Hall–Kier alpha value is -3.22. The van der Waals surface area contributed by atoms with Crippen molar-refractivity contribution in [2.24, 2.45) is 0 Å². The molecule has 24 heavy (non-hydrogen) atoms. The topological polar surface area (TPSA) is 64.2 Å². The van der Waals surface area contributed by atoms with Crippen molar-refractivity contribution < 1.29 is 18.0 Å². The first-order valence-electron chi connectivity index (χ1n) is 7.03. The molecule has 3 aromatic rings. The van der Waals surface area contributed by atoms with Crippen molar-refractivity contribution in [3.63, 3.8) is 0 Å². The van der Waals surface area contributed by atoms with Gasteiger partial charge in [0.1, 0.15) is 17.4 Å². The Morgan fingerprint density at radius 1 is 1.12 bits per heavy atom. The van der Waals surface area contributed by atoms with E-state index in [2.05, 4.69) is 5.32 Å². The maximum atomic E-state index is 13.5. The van der Waals surface area contributed by atoms with Gasteiger partial charge in [-0.1, -0.05) is 6.07 Å². The van der Waals surface area contributed by atoms with Crippen LogP contribution in [0, 0.1) is 11.6 Å². The summed E-state index contributed by atoms with van der Waals surface area (Å²) in [6.45, 7) is 0.154. The third kappa shape index (κ3) is 3.40. The van der Waals surface area contributed by atoms with E-state index in [4.69, 9.17) is 4.42 Å². The van der Waals surface area contributed by atoms with E-state index in [0.717, 1.165) is 18.2 Å². The van der Waals surface area contributed by atoms with Crippen LogP contribution in [0.2, 0.25) is 0 Å². The van der Waals surface area contributed by atoms with Crippen molar-refractivity contribution in [3.8, 4) is 0 Å². The molecule has 122 valence electrons. The number of nitrogens with one attached hydrogen (secondary N) is 1. The summed E-state index contributed by atoms with van der Waals surface area (Å²) in [5.41, 5.74) is -0.487. The van der Waals surface area contributed by atoms with Crippen LogP contribution >= 0.6 is 0 Å². The van der Waals surface area contributed by atoms with Gasteiger partial charge in [-0.25, -0.2) is 8.78 Å². The lowest BCUT2D eigenvalue weighted by Gasteiger charge is -2.05. The van der Waals surface area contributed by atoms with Crippen LogP contribution in [0.5, 0.6) is 0 Å². The van der Waals surface area contributed by atoms with Gasteiger partial charge in [0, 0.05) is 18.3 Å². The van der Waals surface area contributed by atoms with Crippen LogP contribution in [0.3, 0.4) is 0 Å². The molecule has 1 N–H and O–H groups in total. The molecule has 0 unspecified atom stereocenters. The van der Waals surface area contributed by atoms with Gasteiger partial charge in [-0.15, -0.1) is 0 Å². The zero-order chi connectivity index (χ0) is 17.1. The predicted octanol–water partition coefficient (Wildman–Crippen LogP) is 3.02. The monoisotopic (exact) mass is 330 g/mol. The van der Waals surface area contributed by atoms with E-state index in [1.807, 2.05) is 0 Å². The molecule has 0 radical (unpaired) electrons. The van der Waals surface area contributed by atoms with Crippen molar-refractivity contribution in [2.75, 3.05) is 5.32 Å². The van der Waals surface area contributed by atoms with Crippen molar-refractivity contribution in [2.45, 2.75) is 6.54 Å². The predicted molar refractivity (Wildman–Crippen MR) is 82.8 cm³/mol. The number of carbonyl (C=O) groups excluding carboxylic acids is 1. The van der Waals surface area contributed by atoms with Crippen LogP contribution in [0.25, 0.3) is 0 Å². The second-order valence-electron chi connectivity index (χ2n) is 5.01. The summed E-state index contributed by atoms with van der Waals surface area (Å²) in [5, 5.41) is 2.24. The van der Waals surface area contributed by atoms with E-state index in [-0.39, 0.29) is 23.6 Å². The summed E-state index contributed by atoms with van der Waals surface area (Å²) in [6, 6.07) is 10.4. The number of anilines is 1. The average Bonchev–Trinajstić information content (AvgIpc) is 3.02. The highest BCUT2D eigenvalue weighted by atomic mass is 19.1. The molecule has 0 aliphatic heterocycles. The van der Waals surface area contributed by atoms with Gasteiger partial charge in [0.05, 0.1) is 12.2 Å². The van der Waals surface area contributed by atoms with Crippen LogP contribution in [-0.2, 0) is 6.54 Å². The largest absolute Gasteiger partial charge is 0.454 e. The van der Waals surface area contributed by atoms with Crippen molar-refractivity contribution >= 4 is 11.6 Å². The minimum atomic E-state index is -0.757. The second-order valence-corrected chi connectivity index (χ2v) is 5.01. The maximum Gasteiger partial charge on any atom is 0.291 e. The molecule has 0 aliphatic carbocycles. The van der Waals surface area contributed by atoms with E-state index in [1.54, 1.807) is 18.3 Å². The van der Waals surface area contributed by atoms with Gasteiger partial charge in [-0.2, -0.15) is 0 Å². The molecule has 7 heteroatoms. The summed E-state index contributed by atoms with van der Waals surface area (Å²) in [7, 11) is 0. The number of aromatic nitrogens is 1. The molecular weight excluding hydrogens is 318 g/mol. The van der Waals surface area contributed by atoms with Crippen molar-refractivity contribution in [1.29, 1.82) is 0 Å². The van der Waals surface area contributed by atoms with Crippen LogP contribution < -0.4 is 10.9 Å². The lowest BCUT2D eigenvalue weighted by Crippen LogP contribution is -2.18. The van der Waals surface area contributed by atoms with Gasteiger partial charge in [0.15, 0.2) is 5.76 Å². The highest BCUT2D eigenvalue weighted by Gasteiger charge is 2.14. The normalized spacial score (nSPS) is 10.6. The lowest BCUT2D eigenvalue weighted by molar-refractivity contribution is 0.0994. The average molecular weight is 330 g/mol. The fourth-order valence-corrected chi connectivity index (χ4v) is 2.12. The first kappa shape index (κ1) is 15.7. The summed E-state index contributed by atoms with van der Waals surface area (Å²) < 4.78 is 33.4. The Kier molecular flexibility index (Phi) is 4.24. The second kappa shape index (κ2) is 6.49. The van der Waals surface area contributed by atoms with Crippen LogP contribution in [0.4, 0.5) is 14.5 Å². The number of carbonyl (C=O) groups is 1. The highest BCUT2D eigenvalue weighted by Crippen LogP contribution is 2.17. The van der Waals surface area contributed by atoms with Gasteiger partial charge in [0.2, 0.25) is 0 Å². The van der Waals surface area contributed by atoms with E-state index in [0.29, 0.717) is 5.76 Å². The Morgan fingerprint density at radius 2 is 1.96 bits per heavy atom. The fourth-order valence-electron chi connectivity index (χ4n) is 2.12. The number of amides is 1. The third-order valence-electron chi connectivity index (χ3n) is 3.29. The third-order valence-corrected chi connectivity index (χ3v) is 3.29. The van der Waals surface area contributed by atoms with Crippen molar-refractivity contribution in [3.05, 3.63) is 88.2 Å². The number of hydrogen-bond donors (Lipinski definition) is 1. The summed E-state index contributed by atoms with van der Waals surface area (Å²) >= 11 is 0. The molecule has 0 atom stereocenters. The number of pyridine rings is 1. The number of benzene rings is 1. The molecule has 0 saturated heterocycles. The van der Waals surface area contributed by atoms with E-state index in [9.17, 15) is 18.4 Å². The fraction of sp³-hybridized carbons (Fsp3) is 0.0588.